The first-order valence-electron chi connectivity index (χ1n) is 11.8. The number of rotatable bonds is 6. The van der Waals surface area contributed by atoms with E-state index >= 15 is 0 Å². The molecular formula is C27H30ClFN4O. The lowest BCUT2D eigenvalue weighted by atomic mass is 10.0. The van der Waals surface area contributed by atoms with Gasteiger partial charge in [0.25, 0.3) is 5.91 Å². The molecule has 3 aromatic rings. The Kier molecular flexibility index (Phi) is 7.47. The summed E-state index contributed by atoms with van der Waals surface area (Å²) in [6, 6.07) is 14.0. The van der Waals surface area contributed by atoms with Crippen LogP contribution in [-0.4, -0.2) is 47.0 Å². The number of aryl methyl sites for hydroxylation is 1. The van der Waals surface area contributed by atoms with E-state index in [0.29, 0.717) is 48.7 Å². The van der Waals surface area contributed by atoms with Crippen LogP contribution in [0.3, 0.4) is 0 Å². The minimum Gasteiger partial charge on any atom is -0.353 e. The van der Waals surface area contributed by atoms with Crippen molar-refractivity contribution in [3.05, 3.63) is 87.6 Å². The van der Waals surface area contributed by atoms with Crippen LogP contribution in [0.4, 0.5) is 10.2 Å². The Morgan fingerprint density at radius 1 is 1.03 bits per heavy atom. The molecule has 1 aliphatic heterocycles. The summed E-state index contributed by atoms with van der Waals surface area (Å²) in [4.78, 5) is 26.8. The van der Waals surface area contributed by atoms with E-state index in [1.807, 2.05) is 29.2 Å². The Balaban J connectivity index is 1.63. The number of hydrogen-bond acceptors (Lipinski definition) is 4. The van der Waals surface area contributed by atoms with Crippen molar-refractivity contribution in [3.8, 4) is 0 Å². The first kappa shape index (κ1) is 24.1. The van der Waals surface area contributed by atoms with E-state index in [-0.39, 0.29) is 17.6 Å². The van der Waals surface area contributed by atoms with Gasteiger partial charge in [-0.2, -0.15) is 0 Å². The van der Waals surface area contributed by atoms with Crippen LogP contribution in [0.2, 0.25) is 5.02 Å². The fourth-order valence-corrected chi connectivity index (χ4v) is 4.50. The number of carbonyl (C=O) groups excluding carboxylic acids is 1. The molecule has 5 nitrogen and oxygen atoms in total. The van der Waals surface area contributed by atoms with Crippen molar-refractivity contribution >= 4 is 23.3 Å². The van der Waals surface area contributed by atoms with Gasteiger partial charge in [-0.1, -0.05) is 62.7 Å². The molecule has 178 valence electrons. The number of carbonyl (C=O) groups is 1. The molecule has 0 radical (unpaired) electrons. The van der Waals surface area contributed by atoms with Crippen molar-refractivity contribution in [3.63, 3.8) is 0 Å². The largest absolute Gasteiger partial charge is 0.353 e. The van der Waals surface area contributed by atoms with Crippen LogP contribution in [0.5, 0.6) is 0 Å². The summed E-state index contributed by atoms with van der Waals surface area (Å²) in [6.07, 6.45) is 1.17. The van der Waals surface area contributed by atoms with Gasteiger partial charge in [0.2, 0.25) is 0 Å². The maximum atomic E-state index is 14.5. The molecule has 4 rings (SSSR count). The van der Waals surface area contributed by atoms with Gasteiger partial charge in [-0.05, 0) is 30.2 Å². The van der Waals surface area contributed by atoms with Gasteiger partial charge < -0.3 is 9.80 Å². The van der Waals surface area contributed by atoms with E-state index in [1.54, 1.807) is 18.2 Å². The zero-order valence-electron chi connectivity index (χ0n) is 19.9. The van der Waals surface area contributed by atoms with E-state index in [1.165, 1.54) is 6.07 Å². The minimum atomic E-state index is -0.224. The highest BCUT2D eigenvalue weighted by atomic mass is 35.5. The fourth-order valence-electron chi connectivity index (χ4n) is 4.29. The molecule has 7 heteroatoms. The lowest BCUT2D eigenvalue weighted by molar-refractivity contribution is 0.0746. The molecule has 0 spiro atoms. The van der Waals surface area contributed by atoms with Crippen molar-refractivity contribution in [2.45, 2.75) is 39.5 Å². The van der Waals surface area contributed by atoms with Crippen molar-refractivity contribution < 1.29 is 9.18 Å². The zero-order chi connectivity index (χ0) is 24.2. The van der Waals surface area contributed by atoms with Gasteiger partial charge in [0.15, 0.2) is 0 Å². The van der Waals surface area contributed by atoms with Crippen molar-refractivity contribution in [1.82, 2.24) is 14.9 Å². The van der Waals surface area contributed by atoms with E-state index in [0.717, 1.165) is 29.3 Å². The lowest BCUT2D eigenvalue weighted by Gasteiger charge is -2.37. The smallest absolute Gasteiger partial charge is 0.255 e. The van der Waals surface area contributed by atoms with Crippen LogP contribution < -0.4 is 4.90 Å². The summed E-state index contributed by atoms with van der Waals surface area (Å²) in [5.74, 6) is 1.53. The Morgan fingerprint density at radius 2 is 1.71 bits per heavy atom. The highest BCUT2D eigenvalue weighted by Crippen LogP contribution is 2.29. The summed E-state index contributed by atoms with van der Waals surface area (Å²) in [5.41, 5.74) is 3.07. The molecule has 1 amide bonds. The summed E-state index contributed by atoms with van der Waals surface area (Å²) in [6.45, 7) is 8.62. The number of piperazine rings is 1. The molecule has 1 fully saturated rings. The quantitative estimate of drug-likeness (QED) is 0.467. The van der Waals surface area contributed by atoms with Crippen LogP contribution in [0.25, 0.3) is 0 Å². The SMILES string of the molecule is CCc1nc(C(C)C)nc(N2CCN(C(=O)c3ccccc3Cl)CC2)c1Cc1ccccc1F. The van der Waals surface area contributed by atoms with Crippen LogP contribution in [0.15, 0.2) is 48.5 Å². The summed E-state index contributed by atoms with van der Waals surface area (Å²) in [7, 11) is 0. The molecule has 1 saturated heterocycles. The molecule has 34 heavy (non-hydrogen) atoms. The van der Waals surface area contributed by atoms with E-state index in [9.17, 15) is 9.18 Å². The fraction of sp³-hybridized carbons (Fsp3) is 0.370. The molecular weight excluding hydrogens is 451 g/mol. The van der Waals surface area contributed by atoms with Gasteiger partial charge in [0.05, 0.1) is 10.6 Å². The molecule has 2 aromatic carbocycles. The second-order valence-electron chi connectivity index (χ2n) is 8.87. The van der Waals surface area contributed by atoms with Gasteiger partial charge >= 0.3 is 0 Å². The summed E-state index contributed by atoms with van der Waals surface area (Å²) >= 11 is 6.25. The highest BCUT2D eigenvalue weighted by Gasteiger charge is 2.27. The van der Waals surface area contributed by atoms with Crippen LogP contribution >= 0.6 is 11.6 Å². The topological polar surface area (TPSA) is 49.3 Å². The number of halogens is 2. The van der Waals surface area contributed by atoms with Crippen LogP contribution in [-0.2, 0) is 12.8 Å². The third-order valence-electron chi connectivity index (χ3n) is 6.24. The van der Waals surface area contributed by atoms with Gasteiger partial charge in [-0.25, -0.2) is 14.4 Å². The monoisotopic (exact) mass is 480 g/mol. The average Bonchev–Trinajstić information content (AvgIpc) is 2.85. The second-order valence-corrected chi connectivity index (χ2v) is 9.27. The Hall–Kier alpha value is -2.99. The average molecular weight is 481 g/mol. The molecule has 1 aromatic heterocycles. The van der Waals surface area contributed by atoms with Gasteiger partial charge in [-0.15, -0.1) is 0 Å². The molecule has 1 aliphatic rings. The first-order chi connectivity index (χ1) is 16.4. The van der Waals surface area contributed by atoms with Gasteiger partial charge in [0.1, 0.15) is 17.5 Å². The molecule has 0 aliphatic carbocycles. The summed E-state index contributed by atoms with van der Waals surface area (Å²) in [5, 5.41) is 0.465. The molecule has 0 bridgehead atoms. The number of benzene rings is 2. The van der Waals surface area contributed by atoms with Crippen molar-refractivity contribution in [2.75, 3.05) is 31.1 Å². The van der Waals surface area contributed by atoms with Crippen molar-refractivity contribution in [1.29, 1.82) is 0 Å². The Morgan fingerprint density at radius 3 is 2.35 bits per heavy atom. The predicted octanol–water partition coefficient (Wildman–Crippen LogP) is 5.51. The standard InChI is InChI=1S/C27H30ClFN4O/c1-4-24-21(17-19-9-5-8-12-23(19)29)26(31-25(30-24)18(2)3)32-13-15-33(16-14-32)27(34)20-10-6-7-11-22(20)28/h5-12,18H,4,13-17H2,1-3H3. The van der Waals surface area contributed by atoms with Crippen LogP contribution in [0.1, 0.15) is 59.7 Å². The zero-order valence-corrected chi connectivity index (χ0v) is 20.6. The van der Waals surface area contributed by atoms with Crippen LogP contribution in [0, 0.1) is 5.82 Å². The number of amides is 1. The summed E-state index contributed by atoms with van der Waals surface area (Å²) < 4.78 is 14.5. The maximum Gasteiger partial charge on any atom is 0.255 e. The molecule has 0 saturated carbocycles. The third-order valence-corrected chi connectivity index (χ3v) is 6.56. The number of nitrogens with zero attached hydrogens (tertiary/aromatic N) is 4. The van der Waals surface area contributed by atoms with Gasteiger partial charge in [-0.3, -0.25) is 4.79 Å². The van der Waals surface area contributed by atoms with Crippen molar-refractivity contribution in [2.24, 2.45) is 0 Å². The number of anilines is 1. The Labute approximate surface area is 205 Å². The predicted molar refractivity (Wildman–Crippen MR) is 134 cm³/mol. The molecule has 0 unspecified atom stereocenters. The first-order valence-corrected chi connectivity index (χ1v) is 12.2. The van der Waals surface area contributed by atoms with E-state index in [4.69, 9.17) is 21.6 Å². The highest BCUT2D eigenvalue weighted by molar-refractivity contribution is 6.33. The van der Waals surface area contributed by atoms with E-state index < -0.39 is 0 Å². The molecule has 0 N–H and O–H groups in total. The second kappa shape index (κ2) is 10.5. The van der Waals surface area contributed by atoms with Gasteiger partial charge in [0, 0.05) is 49.8 Å². The minimum absolute atomic E-state index is 0.0587. The lowest BCUT2D eigenvalue weighted by Crippen LogP contribution is -2.49. The number of hydrogen-bond donors (Lipinski definition) is 0. The molecule has 0 atom stereocenters. The Bertz CT molecular complexity index is 1180. The normalized spacial score (nSPS) is 14.1. The maximum absolute atomic E-state index is 14.5. The molecule has 2 heterocycles. The third kappa shape index (κ3) is 5.07. The number of aromatic nitrogens is 2. The van der Waals surface area contributed by atoms with E-state index in [2.05, 4.69) is 25.7 Å².